The first-order chi connectivity index (χ1) is 9.84. The number of carbonyl (C=O) groups is 1. The number of para-hydroxylation sites is 1. The summed E-state index contributed by atoms with van der Waals surface area (Å²) in [6.45, 7) is 1.70. The summed E-state index contributed by atoms with van der Waals surface area (Å²) < 4.78 is 39.0. The van der Waals surface area contributed by atoms with E-state index in [2.05, 4.69) is 5.32 Å². The molecule has 5 nitrogen and oxygen atoms in total. The van der Waals surface area contributed by atoms with E-state index in [0.717, 1.165) is 23.4 Å². The molecular formula is C14H19FN2O3S. The van der Waals surface area contributed by atoms with Crippen molar-refractivity contribution in [2.24, 2.45) is 0 Å². The number of hydrogen-bond acceptors (Lipinski definition) is 3. The molecule has 0 aliphatic heterocycles. The number of sulfonamides is 1. The first-order valence-electron chi connectivity index (χ1n) is 6.89. The van der Waals surface area contributed by atoms with Crippen molar-refractivity contribution in [3.8, 4) is 0 Å². The number of rotatable bonds is 6. The average molecular weight is 314 g/mol. The zero-order chi connectivity index (χ0) is 15.6. The van der Waals surface area contributed by atoms with Crippen LogP contribution >= 0.6 is 0 Å². The Bertz CT molecular complexity index is 629. The second-order valence-electron chi connectivity index (χ2n) is 5.22. The normalized spacial score (nSPS) is 16.3. The van der Waals surface area contributed by atoms with E-state index in [1.165, 1.54) is 18.2 Å². The molecule has 1 fully saturated rings. The van der Waals surface area contributed by atoms with Crippen molar-refractivity contribution in [3.05, 3.63) is 30.1 Å². The number of anilines is 1. The summed E-state index contributed by atoms with van der Waals surface area (Å²) in [4.78, 5) is 12.3. The quantitative estimate of drug-likeness (QED) is 0.868. The van der Waals surface area contributed by atoms with E-state index < -0.39 is 21.9 Å². The van der Waals surface area contributed by atoms with Crippen molar-refractivity contribution < 1.29 is 17.6 Å². The standard InChI is InChI=1S/C14H19FN2O3S/c1-3-12(14(18)16-10-8-9-10)17(21(2,19)20)13-7-5-4-6-11(13)15/h4-7,10,12H,3,8-9H2,1-2H3,(H,16,18)/t12-/m0/s1. The summed E-state index contributed by atoms with van der Waals surface area (Å²) in [5, 5.41) is 2.78. The molecule has 0 unspecified atom stereocenters. The molecule has 1 aliphatic carbocycles. The van der Waals surface area contributed by atoms with Crippen molar-refractivity contribution in [3.63, 3.8) is 0 Å². The number of benzene rings is 1. The van der Waals surface area contributed by atoms with Gasteiger partial charge in [0.15, 0.2) is 0 Å². The van der Waals surface area contributed by atoms with Crippen molar-refractivity contribution in [1.29, 1.82) is 0 Å². The van der Waals surface area contributed by atoms with Crippen molar-refractivity contribution in [1.82, 2.24) is 5.32 Å². The molecule has 1 saturated carbocycles. The van der Waals surface area contributed by atoms with Crippen LogP contribution in [0.2, 0.25) is 0 Å². The van der Waals surface area contributed by atoms with Crippen LogP contribution in [0.4, 0.5) is 10.1 Å². The van der Waals surface area contributed by atoms with Crippen LogP contribution in [0, 0.1) is 5.82 Å². The SMILES string of the molecule is CC[C@@H](C(=O)NC1CC1)N(c1ccccc1F)S(C)(=O)=O. The molecule has 116 valence electrons. The highest BCUT2D eigenvalue weighted by atomic mass is 32.2. The molecule has 0 radical (unpaired) electrons. The number of halogens is 1. The largest absolute Gasteiger partial charge is 0.352 e. The number of nitrogens with one attached hydrogen (secondary N) is 1. The molecule has 1 amide bonds. The van der Waals surface area contributed by atoms with Crippen molar-refractivity contribution >= 4 is 21.6 Å². The molecule has 0 aromatic heterocycles. The fourth-order valence-corrected chi connectivity index (χ4v) is 3.40. The van der Waals surface area contributed by atoms with Gasteiger partial charge >= 0.3 is 0 Å². The molecule has 2 rings (SSSR count). The van der Waals surface area contributed by atoms with E-state index in [-0.39, 0.29) is 24.1 Å². The maximum absolute atomic E-state index is 14.0. The molecule has 1 aromatic rings. The van der Waals surface area contributed by atoms with Gasteiger partial charge in [-0.25, -0.2) is 12.8 Å². The predicted molar refractivity (Wildman–Crippen MR) is 79.0 cm³/mol. The fourth-order valence-electron chi connectivity index (χ4n) is 2.19. The van der Waals surface area contributed by atoms with E-state index in [1.807, 2.05) is 0 Å². The Morgan fingerprint density at radius 3 is 2.52 bits per heavy atom. The van der Waals surface area contributed by atoms with Gasteiger partial charge in [0.05, 0.1) is 11.9 Å². The minimum Gasteiger partial charge on any atom is -0.352 e. The van der Waals surface area contributed by atoms with Gasteiger partial charge in [-0.05, 0) is 31.4 Å². The third-order valence-corrected chi connectivity index (χ3v) is 4.51. The van der Waals surface area contributed by atoms with Gasteiger partial charge < -0.3 is 5.32 Å². The first-order valence-corrected chi connectivity index (χ1v) is 8.73. The lowest BCUT2D eigenvalue weighted by atomic mass is 10.2. The molecular weight excluding hydrogens is 295 g/mol. The lowest BCUT2D eigenvalue weighted by molar-refractivity contribution is -0.122. The van der Waals surface area contributed by atoms with E-state index in [1.54, 1.807) is 13.0 Å². The van der Waals surface area contributed by atoms with Gasteiger partial charge in [0.2, 0.25) is 15.9 Å². The zero-order valence-corrected chi connectivity index (χ0v) is 12.9. The summed E-state index contributed by atoms with van der Waals surface area (Å²) in [7, 11) is -3.78. The third kappa shape index (κ3) is 3.72. The van der Waals surface area contributed by atoms with Crippen LogP contribution in [0.15, 0.2) is 24.3 Å². The first kappa shape index (κ1) is 15.8. The number of hydrogen-bond donors (Lipinski definition) is 1. The minimum absolute atomic E-state index is 0.0993. The fraction of sp³-hybridized carbons (Fsp3) is 0.500. The molecule has 7 heteroatoms. The van der Waals surface area contributed by atoms with Gasteiger partial charge in [-0.15, -0.1) is 0 Å². The monoisotopic (exact) mass is 314 g/mol. The second-order valence-corrected chi connectivity index (χ2v) is 7.08. The molecule has 0 saturated heterocycles. The van der Waals surface area contributed by atoms with Crippen molar-refractivity contribution in [2.45, 2.75) is 38.3 Å². The smallest absolute Gasteiger partial charge is 0.244 e. The highest BCUT2D eigenvalue weighted by molar-refractivity contribution is 7.92. The summed E-state index contributed by atoms with van der Waals surface area (Å²) in [5.41, 5.74) is -0.0993. The van der Waals surface area contributed by atoms with Crippen LogP contribution in [-0.2, 0) is 14.8 Å². The van der Waals surface area contributed by atoms with Crippen LogP contribution in [0.3, 0.4) is 0 Å². The predicted octanol–water partition coefficient (Wildman–Crippen LogP) is 1.65. The van der Waals surface area contributed by atoms with Gasteiger partial charge in [-0.2, -0.15) is 0 Å². The number of amides is 1. The molecule has 0 heterocycles. The highest BCUT2D eigenvalue weighted by Gasteiger charge is 2.35. The molecule has 1 aliphatic rings. The van der Waals surface area contributed by atoms with E-state index in [4.69, 9.17) is 0 Å². The van der Waals surface area contributed by atoms with E-state index in [9.17, 15) is 17.6 Å². The molecule has 1 atom stereocenters. The van der Waals surface area contributed by atoms with E-state index in [0.29, 0.717) is 0 Å². The molecule has 0 bridgehead atoms. The lowest BCUT2D eigenvalue weighted by Crippen LogP contribution is -2.50. The van der Waals surface area contributed by atoms with Crippen LogP contribution in [-0.4, -0.2) is 32.7 Å². The lowest BCUT2D eigenvalue weighted by Gasteiger charge is -2.30. The Labute approximate surface area is 124 Å². The number of carbonyl (C=O) groups excluding carboxylic acids is 1. The van der Waals surface area contributed by atoms with Gasteiger partial charge in [-0.1, -0.05) is 19.1 Å². The van der Waals surface area contributed by atoms with Crippen LogP contribution in [0.25, 0.3) is 0 Å². The van der Waals surface area contributed by atoms with Crippen molar-refractivity contribution in [2.75, 3.05) is 10.6 Å². The highest BCUT2D eigenvalue weighted by Crippen LogP contribution is 2.26. The summed E-state index contributed by atoms with van der Waals surface area (Å²) in [5.74, 6) is -1.05. The zero-order valence-electron chi connectivity index (χ0n) is 12.0. The Kier molecular flexibility index (Phi) is 4.51. The number of nitrogens with zero attached hydrogens (tertiary/aromatic N) is 1. The Hall–Kier alpha value is -1.63. The minimum atomic E-state index is -3.78. The molecule has 1 aromatic carbocycles. The molecule has 21 heavy (non-hydrogen) atoms. The maximum Gasteiger partial charge on any atom is 0.244 e. The molecule has 1 N–H and O–H groups in total. The van der Waals surface area contributed by atoms with Gasteiger partial charge in [0, 0.05) is 6.04 Å². The van der Waals surface area contributed by atoms with Gasteiger partial charge in [0.1, 0.15) is 11.9 Å². The van der Waals surface area contributed by atoms with Crippen LogP contribution in [0.1, 0.15) is 26.2 Å². The average Bonchev–Trinajstić information content (AvgIpc) is 3.19. The Morgan fingerprint density at radius 2 is 2.05 bits per heavy atom. The third-order valence-electron chi connectivity index (χ3n) is 3.34. The van der Waals surface area contributed by atoms with Crippen LogP contribution in [0.5, 0.6) is 0 Å². The molecule has 0 spiro atoms. The topological polar surface area (TPSA) is 66.5 Å². The van der Waals surface area contributed by atoms with E-state index >= 15 is 0 Å². The second kappa shape index (κ2) is 6.01. The summed E-state index contributed by atoms with van der Waals surface area (Å²) in [6.07, 6.45) is 3.05. The Morgan fingerprint density at radius 1 is 1.43 bits per heavy atom. The Balaban J connectivity index is 2.38. The summed E-state index contributed by atoms with van der Waals surface area (Å²) in [6, 6.07) is 4.74. The van der Waals surface area contributed by atoms with Crippen LogP contribution < -0.4 is 9.62 Å². The van der Waals surface area contributed by atoms with Gasteiger partial charge in [-0.3, -0.25) is 9.10 Å². The maximum atomic E-state index is 14.0. The van der Waals surface area contributed by atoms with Gasteiger partial charge in [0.25, 0.3) is 0 Å². The summed E-state index contributed by atoms with van der Waals surface area (Å²) >= 11 is 0.